The second-order valence-electron chi connectivity index (χ2n) is 6.48. The topological polar surface area (TPSA) is 73.6 Å². The number of carbonyl (C=O) groups excluding carboxylic acids is 1. The standard InChI is InChI=1S/C19H24N2O4/c1-12-4-6-15-14(10-12)18(21-25-15)19(22)20-9-8-13-5-7-16(23-2)17(11-13)24-3/h5,7,11-12H,4,6,8-10H2,1-3H3,(H,20,22)/t12-/m0/s1. The number of aromatic nitrogens is 1. The quantitative estimate of drug-likeness (QED) is 0.872. The van der Waals surface area contributed by atoms with Gasteiger partial charge in [0, 0.05) is 18.5 Å². The highest BCUT2D eigenvalue weighted by Gasteiger charge is 2.26. The maximum Gasteiger partial charge on any atom is 0.273 e. The number of nitrogens with zero attached hydrogens (tertiary/aromatic N) is 1. The van der Waals surface area contributed by atoms with Crippen LogP contribution in [0.25, 0.3) is 0 Å². The number of ether oxygens (including phenoxy) is 2. The van der Waals surface area contributed by atoms with Crippen molar-refractivity contribution in [1.29, 1.82) is 0 Å². The third-order valence-corrected chi connectivity index (χ3v) is 4.65. The minimum absolute atomic E-state index is 0.167. The van der Waals surface area contributed by atoms with E-state index in [2.05, 4.69) is 17.4 Å². The van der Waals surface area contributed by atoms with E-state index >= 15 is 0 Å². The number of aryl methyl sites for hydroxylation is 1. The van der Waals surface area contributed by atoms with Gasteiger partial charge >= 0.3 is 0 Å². The molecular formula is C19H24N2O4. The number of benzene rings is 1. The lowest BCUT2D eigenvalue weighted by atomic mass is 9.88. The van der Waals surface area contributed by atoms with Crippen molar-refractivity contribution in [3.63, 3.8) is 0 Å². The molecule has 0 saturated carbocycles. The van der Waals surface area contributed by atoms with Crippen LogP contribution in [0.15, 0.2) is 22.7 Å². The summed E-state index contributed by atoms with van der Waals surface area (Å²) in [6.07, 6.45) is 3.50. The zero-order chi connectivity index (χ0) is 17.8. The molecule has 2 aromatic rings. The highest BCUT2D eigenvalue weighted by atomic mass is 16.5. The van der Waals surface area contributed by atoms with E-state index in [-0.39, 0.29) is 5.91 Å². The largest absolute Gasteiger partial charge is 0.493 e. The van der Waals surface area contributed by atoms with Crippen LogP contribution in [0, 0.1) is 5.92 Å². The highest BCUT2D eigenvalue weighted by molar-refractivity contribution is 5.93. The van der Waals surface area contributed by atoms with Gasteiger partial charge in [-0.3, -0.25) is 4.79 Å². The molecule has 3 rings (SSSR count). The van der Waals surface area contributed by atoms with Gasteiger partial charge in [-0.15, -0.1) is 0 Å². The molecule has 1 aliphatic rings. The fourth-order valence-electron chi connectivity index (χ4n) is 3.20. The Morgan fingerprint density at radius 1 is 1.32 bits per heavy atom. The van der Waals surface area contributed by atoms with Crippen molar-refractivity contribution in [2.45, 2.75) is 32.6 Å². The van der Waals surface area contributed by atoms with E-state index < -0.39 is 0 Å². The summed E-state index contributed by atoms with van der Waals surface area (Å²) in [6, 6.07) is 5.75. The molecule has 0 aliphatic heterocycles. The van der Waals surface area contributed by atoms with Gasteiger partial charge in [0.15, 0.2) is 17.2 Å². The number of carbonyl (C=O) groups is 1. The lowest BCUT2D eigenvalue weighted by Crippen LogP contribution is -2.27. The average molecular weight is 344 g/mol. The predicted octanol–water partition coefficient (Wildman–Crippen LogP) is 2.79. The van der Waals surface area contributed by atoms with E-state index in [4.69, 9.17) is 14.0 Å². The fraction of sp³-hybridized carbons (Fsp3) is 0.474. The smallest absolute Gasteiger partial charge is 0.273 e. The summed E-state index contributed by atoms with van der Waals surface area (Å²) < 4.78 is 15.9. The Bertz CT molecular complexity index is 754. The zero-order valence-corrected chi connectivity index (χ0v) is 14.9. The molecule has 0 spiro atoms. The second-order valence-corrected chi connectivity index (χ2v) is 6.48. The fourth-order valence-corrected chi connectivity index (χ4v) is 3.20. The Morgan fingerprint density at radius 3 is 2.88 bits per heavy atom. The lowest BCUT2D eigenvalue weighted by Gasteiger charge is -2.16. The molecule has 1 amide bonds. The second kappa shape index (κ2) is 7.59. The van der Waals surface area contributed by atoms with E-state index in [1.54, 1.807) is 14.2 Å². The van der Waals surface area contributed by atoms with Crippen molar-refractivity contribution in [3.8, 4) is 11.5 Å². The molecule has 0 fully saturated rings. The summed E-state index contributed by atoms with van der Waals surface area (Å²) >= 11 is 0. The van der Waals surface area contributed by atoms with Crippen LogP contribution in [0.2, 0.25) is 0 Å². The average Bonchev–Trinajstić information content (AvgIpc) is 3.04. The van der Waals surface area contributed by atoms with Crippen molar-refractivity contribution in [2.24, 2.45) is 5.92 Å². The normalized spacial score (nSPS) is 16.2. The molecule has 25 heavy (non-hydrogen) atoms. The molecule has 1 aromatic heterocycles. The van der Waals surface area contributed by atoms with Crippen LogP contribution in [0.3, 0.4) is 0 Å². The van der Waals surface area contributed by atoms with Crippen molar-refractivity contribution in [1.82, 2.24) is 10.5 Å². The van der Waals surface area contributed by atoms with Gasteiger partial charge in [0.25, 0.3) is 5.91 Å². The number of methoxy groups -OCH3 is 2. The molecule has 1 heterocycles. The Hall–Kier alpha value is -2.50. The highest BCUT2D eigenvalue weighted by Crippen LogP contribution is 2.28. The Labute approximate surface area is 147 Å². The van der Waals surface area contributed by atoms with E-state index in [0.717, 1.165) is 36.1 Å². The molecule has 1 atom stereocenters. The SMILES string of the molecule is COc1ccc(CCNC(=O)c2noc3c2C[C@@H](C)CC3)cc1OC. The maximum absolute atomic E-state index is 12.4. The van der Waals surface area contributed by atoms with E-state index in [9.17, 15) is 4.79 Å². The summed E-state index contributed by atoms with van der Waals surface area (Å²) in [5.74, 6) is 2.64. The van der Waals surface area contributed by atoms with Crippen molar-refractivity contribution >= 4 is 5.91 Å². The van der Waals surface area contributed by atoms with Crippen LogP contribution in [-0.4, -0.2) is 31.8 Å². The molecule has 134 valence electrons. The summed E-state index contributed by atoms with van der Waals surface area (Å²) in [4.78, 5) is 12.4. The van der Waals surface area contributed by atoms with Crippen LogP contribution in [0.5, 0.6) is 11.5 Å². The number of amides is 1. The molecule has 0 radical (unpaired) electrons. The van der Waals surface area contributed by atoms with E-state index in [0.29, 0.717) is 36.1 Å². The molecule has 1 aromatic carbocycles. The van der Waals surface area contributed by atoms with Crippen LogP contribution in [0.4, 0.5) is 0 Å². The van der Waals surface area contributed by atoms with Gasteiger partial charge in [-0.25, -0.2) is 0 Å². The maximum atomic E-state index is 12.4. The minimum atomic E-state index is -0.167. The van der Waals surface area contributed by atoms with Gasteiger partial charge in [0.05, 0.1) is 14.2 Å². The van der Waals surface area contributed by atoms with Gasteiger partial charge in [-0.05, 0) is 42.9 Å². The summed E-state index contributed by atoms with van der Waals surface area (Å²) in [7, 11) is 3.22. The summed E-state index contributed by atoms with van der Waals surface area (Å²) in [6.45, 7) is 2.71. The van der Waals surface area contributed by atoms with E-state index in [1.807, 2.05) is 18.2 Å². The first-order valence-corrected chi connectivity index (χ1v) is 8.59. The van der Waals surface area contributed by atoms with Gasteiger partial charge < -0.3 is 19.3 Å². The number of hydrogen-bond acceptors (Lipinski definition) is 5. The number of rotatable bonds is 6. The van der Waals surface area contributed by atoms with E-state index in [1.165, 1.54) is 0 Å². The molecule has 0 saturated heterocycles. The third kappa shape index (κ3) is 3.78. The Kier molecular flexibility index (Phi) is 5.26. The first-order chi connectivity index (χ1) is 12.1. The van der Waals surface area contributed by atoms with Crippen LogP contribution in [0.1, 0.15) is 40.7 Å². The van der Waals surface area contributed by atoms with Crippen molar-refractivity contribution in [2.75, 3.05) is 20.8 Å². The van der Waals surface area contributed by atoms with Crippen LogP contribution < -0.4 is 14.8 Å². The molecule has 1 aliphatic carbocycles. The third-order valence-electron chi connectivity index (χ3n) is 4.65. The monoisotopic (exact) mass is 344 g/mol. The molecule has 0 unspecified atom stereocenters. The molecule has 0 bridgehead atoms. The van der Waals surface area contributed by atoms with Crippen LogP contribution >= 0.6 is 0 Å². The molecular weight excluding hydrogens is 320 g/mol. The first-order valence-electron chi connectivity index (χ1n) is 8.59. The van der Waals surface area contributed by atoms with Crippen molar-refractivity contribution < 1.29 is 18.8 Å². The Balaban J connectivity index is 1.59. The van der Waals surface area contributed by atoms with Gasteiger partial charge in [0.1, 0.15) is 5.76 Å². The minimum Gasteiger partial charge on any atom is -0.493 e. The van der Waals surface area contributed by atoms with Gasteiger partial charge in [0.2, 0.25) is 0 Å². The number of nitrogens with one attached hydrogen (secondary N) is 1. The van der Waals surface area contributed by atoms with Crippen LogP contribution in [-0.2, 0) is 19.3 Å². The number of fused-ring (bicyclic) bond motifs is 1. The zero-order valence-electron chi connectivity index (χ0n) is 14.9. The lowest BCUT2D eigenvalue weighted by molar-refractivity contribution is 0.0944. The number of hydrogen-bond donors (Lipinski definition) is 1. The van der Waals surface area contributed by atoms with Gasteiger partial charge in [-0.2, -0.15) is 0 Å². The molecule has 6 heteroatoms. The van der Waals surface area contributed by atoms with Gasteiger partial charge in [-0.1, -0.05) is 18.1 Å². The van der Waals surface area contributed by atoms with Crippen molar-refractivity contribution in [3.05, 3.63) is 40.8 Å². The Morgan fingerprint density at radius 2 is 2.12 bits per heavy atom. The molecule has 6 nitrogen and oxygen atoms in total. The first kappa shape index (κ1) is 17.3. The molecule has 1 N–H and O–H groups in total. The predicted molar refractivity (Wildman–Crippen MR) is 93.3 cm³/mol. The summed E-state index contributed by atoms with van der Waals surface area (Å²) in [5.41, 5.74) is 2.48. The summed E-state index contributed by atoms with van der Waals surface area (Å²) in [5, 5.41) is 6.92.